The van der Waals surface area contributed by atoms with Gasteiger partial charge in [0.05, 0.1) is 5.25 Å². The van der Waals surface area contributed by atoms with E-state index in [1.54, 1.807) is 6.92 Å². The Balaban J connectivity index is 2.45. The topological polar surface area (TPSA) is 136 Å². The highest BCUT2D eigenvalue weighted by Crippen LogP contribution is 2.43. The normalized spacial score (nSPS) is 30.7. The maximum atomic E-state index is 11.6. The molecule has 0 aromatic heterocycles. The van der Waals surface area contributed by atoms with Gasteiger partial charge in [0.1, 0.15) is 11.4 Å². The van der Waals surface area contributed by atoms with Crippen molar-refractivity contribution in [3.63, 3.8) is 0 Å². The largest absolute Gasteiger partial charge is 0.476 e. The summed E-state index contributed by atoms with van der Waals surface area (Å²) in [4.78, 5) is 34.6. The zero-order valence-corrected chi connectivity index (χ0v) is 10.1. The molecule has 0 aliphatic carbocycles. The van der Waals surface area contributed by atoms with Crippen molar-refractivity contribution in [2.75, 3.05) is 0 Å². The van der Waals surface area contributed by atoms with Crippen molar-refractivity contribution in [2.45, 2.75) is 23.6 Å². The summed E-state index contributed by atoms with van der Waals surface area (Å²) in [6, 6.07) is -0.734. The predicted molar refractivity (Wildman–Crippen MR) is 61.0 cm³/mol. The van der Waals surface area contributed by atoms with Crippen LogP contribution >= 0.6 is 11.8 Å². The van der Waals surface area contributed by atoms with Crippen LogP contribution in [0.4, 0.5) is 4.79 Å². The van der Waals surface area contributed by atoms with E-state index in [0.717, 1.165) is 4.90 Å². The second kappa shape index (κ2) is 4.18. The van der Waals surface area contributed by atoms with Gasteiger partial charge in [0, 0.05) is 0 Å². The number of carbonyl (C=O) groups is 3. The first-order valence-electron chi connectivity index (χ1n) is 5.03. The van der Waals surface area contributed by atoms with Gasteiger partial charge in [-0.15, -0.1) is 11.8 Å². The lowest BCUT2D eigenvalue weighted by Gasteiger charge is -2.48. The third-order valence-corrected chi connectivity index (χ3v) is 4.09. The molecule has 18 heavy (non-hydrogen) atoms. The van der Waals surface area contributed by atoms with Crippen LogP contribution in [0.1, 0.15) is 6.92 Å². The molecule has 2 aliphatic heterocycles. The summed E-state index contributed by atoms with van der Waals surface area (Å²) in [5, 5.41) is 8.26. The quantitative estimate of drug-likeness (QED) is 0.549. The molecule has 0 bridgehead atoms. The van der Waals surface area contributed by atoms with Crippen LogP contribution in [0.2, 0.25) is 0 Å². The SMILES string of the molecule is CC1S[C@@H]2[C@H](N)C(=O)N2C(C(=O)O)=C1OC(N)=O. The van der Waals surface area contributed by atoms with Gasteiger partial charge in [-0.05, 0) is 6.92 Å². The van der Waals surface area contributed by atoms with Crippen LogP contribution in [-0.4, -0.2) is 44.6 Å². The van der Waals surface area contributed by atoms with E-state index in [-0.39, 0.29) is 11.5 Å². The molecule has 3 atom stereocenters. The highest BCUT2D eigenvalue weighted by Gasteiger charge is 2.54. The summed E-state index contributed by atoms with van der Waals surface area (Å²) >= 11 is 1.25. The number of thioether (sulfide) groups is 1. The first kappa shape index (κ1) is 12.7. The molecule has 1 fully saturated rings. The van der Waals surface area contributed by atoms with Gasteiger partial charge in [-0.3, -0.25) is 9.69 Å². The molecule has 1 unspecified atom stereocenters. The third-order valence-electron chi connectivity index (χ3n) is 2.68. The van der Waals surface area contributed by atoms with Crippen molar-refractivity contribution < 1.29 is 24.2 Å². The third kappa shape index (κ3) is 1.71. The highest BCUT2D eigenvalue weighted by molar-refractivity contribution is 8.00. The molecule has 0 radical (unpaired) electrons. The van der Waals surface area contributed by atoms with E-state index >= 15 is 0 Å². The van der Waals surface area contributed by atoms with Gasteiger partial charge in [-0.25, -0.2) is 9.59 Å². The number of nitrogens with zero attached hydrogens (tertiary/aromatic N) is 1. The number of hydrogen-bond acceptors (Lipinski definition) is 6. The Morgan fingerprint density at radius 2 is 2.11 bits per heavy atom. The first-order chi connectivity index (χ1) is 8.34. The van der Waals surface area contributed by atoms with Crippen molar-refractivity contribution >= 4 is 29.7 Å². The maximum Gasteiger partial charge on any atom is 0.409 e. The van der Waals surface area contributed by atoms with Crippen molar-refractivity contribution in [3.8, 4) is 0 Å². The van der Waals surface area contributed by atoms with E-state index in [4.69, 9.17) is 21.3 Å². The standard InChI is InChI=1S/C9H11N3O5S/c1-2-5(17-9(11)16)4(8(14)15)12-6(13)3(10)7(12)18-2/h2-3,7H,10H2,1H3,(H2,11,16)(H,14,15)/t2?,3-,7-/m1/s1. The number of carbonyl (C=O) groups excluding carboxylic acids is 2. The summed E-state index contributed by atoms with van der Waals surface area (Å²) in [6.07, 6.45) is -1.12. The van der Waals surface area contributed by atoms with Crippen LogP contribution in [0.3, 0.4) is 0 Å². The number of primary amides is 1. The van der Waals surface area contributed by atoms with Crippen LogP contribution in [0, 0.1) is 0 Å². The number of amides is 2. The number of carboxylic acids is 1. The lowest BCUT2D eigenvalue weighted by Crippen LogP contribution is -2.69. The van der Waals surface area contributed by atoms with E-state index in [0.29, 0.717) is 0 Å². The average Bonchev–Trinajstić information content (AvgIpc) is 2.29. The molecular weight excluding hydrogens is 262 g/mol. The van der Waals surface area contributed by atoms with Crippen LogP contribution in [0.5, 0.6) is 0 Å². The minimum atomic E-state index is -1.36. The Bertz CT molecular complexity index is 477. The maximum absolute atomic E-state index is 11.6. The van der Waals surface area contributed by atoms with E-state index < -0.39 is 34.6 Å². The number of β-lactam (4-membered cyclic amide) rings is 1. The minimum absolute atomic E-state index is 0.128. The summed E-state index contributed by atoms with van der Waals surface area (Å²) in [6.45, 7) is 1.65. The van der Waals surface area contributed by atoms with Crippen molar-refractivity contribution in [1.82, 2.24) is 4.90 Å². The number of aliphatic carboxylic acids is 1. The van der Waals surface area contributed by atoms with Crippen molar-refractivity contribution in [1.29, 1.82) is 0 Å². The van der Waals surface area contributed by atoms with Gasteiger partial charge in [-0.1, -0.05) is 0 Å². The van der Waals surface area contributed by atoms with Gasteiger partial charge in [0.15, 0.2) is 11.5 Å². The lowest BCUT2D eigenvalue weighted by molar-refractivity contribution is -0.148. The van der Waals surface area contributed by atoms with Crippen LogP contribution in [0.15, 0.2) is 11.5 Å². The Hall–Kier alpha value is -1.74. The molecule has 2 heterocycles. The van der Waals surface area contributed by atoms with Crippen molar-refractivity contribution in [2.24, 2.45) is 11.5 Å². The molecule has 5 N–H and O–H groups in total. The van der Waals surface area contributed by atoms with Crippen molar-refractivity contribution in [3.05, 3.63) is 11.5 Å². The van der Waals surface area contributed by atoms with E-state index in [9.17, 15) is 14.4 Å². The highest BCUT2D eigenvalue weighted by atomic mass is 32.2. The smallest absolute Gasteiger partial charge is 0.409 e. The van der Waals surface area contributed by atoms with E-state index in [1.807, 2.05) is 0 Å². The van der Waals surface area contributed by atoms with Gasteiger partial charge >= 0.3 is 12.1 Å². The molecule has 0 aromatic rings. The summed E-state index contributed by atoms with van der Waals surface area (Å²) in [7, 11) is 0. The number of ether oxygens (including phenoxy) is 1. The van der Waals surface area contributed by atoms with E-state index in [2.05, 4.69) is 0 Å². The second-order valence-electron chi connectivity index (χ2n) is 3.84. The molecule has 9 heteroatoms. The Labute approximate surface area is 106 Å². The zero-order chi connectivity index (χ0) is 13.6. The summed E-state index contributed by atoms with van der Waals surface area (Å²) in [5.74, 6) is -2.00. The molecule has 98 valence electrons. The fourth-order valence-corrected chi connectivity index (χ4v) is 3.22. The summed E-state index contributed by atoms with van der Waals surface area (Å²) < 4.78 is 4.70. The monoisotopic (exact) mass is 273 g/mol. The second-order valence-corrected chi connectivity index (χ2v) is 5.30. The van der Waals surface area contributed by atoms with Gasteiger partial charge in [0.25, 0.3) is 0 Å². The molecule has 2 rings (SSSR count). The Morgan fingerprint density at radius 1 is 1.50 bits per heavy atom. The van der Waals surface area contributed by atoms with Crippen LogP contribution < -0.4 is 11.5 Å². The zero-order valence-electron chi connectivity index (χ0n) is 9.32. The number of hydrogen-bond donors (Lipinski definition) is 3. The number of carboxylic acid groups (broad SMARTS) is 1. The molecule has 2 aliphatic rings. The molecular formula is C9H11N3O5S. The molecule has 0 saturated carbocycles. The predicted octanol–water partition coefficient (Wildman–Crippen LogP) is -0.991. The fraction of sp³-hybridized carbons (Fsp3) is 0.444. The molecule has 0 spiro atoms. The number of fused-ring (bicyclic) bond motifs is 1. The summed E-state index contributed by atoms with van der Waals surface area (Å²) in [5.41, 5.74) is 10.1. The van der Waals surface area contributed by atoms with E-state index in [1.165, 1.54) is 11.8 Å². The Kier molecular flexibility index (Phi) is 2.95. The number of rotatable bonds is 2. The number of nitrogens with two attached hydrogens (primary N) is 2. The first-order valence-corrected chi connectivity index (χ1v) is 5.97. The van der Waals surface area contributed by atoms with Gasteiger partial charge in [0.2, 0.25) is 5.91 Å². The fourth-order valence-electron chi connectivity index (χ4n) is 1.90. The minimum Gasteiger partial charge on any atom is -0.476 e. The molecule has 8 nitrogen and oxygen atoms in total. The van der Waals surface area contributed by atoms with Gasteiger partial charge in [-0.2, -0.15) is 0 Å². The average molecular weight is 273 g/mol. The lowest BCUT2D eigenvalue weighted by atomic mass is 10.1. The van der Waals surface area contributed by atoms with Crippen LogP contribution in [-0.2, 0) is 14.3 Å². The Morgan fingerprint density at radius 3 is 2.61 bits per heavy atom. The molecule has 0 aromatic carbocycles. The van der Waals surface area contributed by atoms with Gasteiger partial charge < -0.3 is 21.3 Å². The van der Waals surface area contributed by atoms with Crippen LogP contribution in [0.25, 0.3) is 0 Å². The molecule has 1 saturated heterocycles. The molecule has 2 amide bonds.